The van der Waals surface area contributed by atoms with E-state index < -0.39 is 12.1 Å². The van der Waals surface area contributed by atoms with Gasteiger partial charge < -0.3 is 9.15 Å². The van der Waals surface area contributed by atoms with Crippen LogP contribution in [-0.2, 0) is 9.53 Å². The fourth-order valence-corrected chi connectivity index (χ4v) is 1.64. The summed E-state index contributed by atoms with van der Waals surface area (Å²) in [5.74, 6) is -0.271. The zero-order valence-corrected chi connectivity index (χ0v) is 11.0. The first-order valence-electron chi connectivity index (χ1n) is 6.18. The summed E-state index contributed by atoms with van der Waals surface area (Å²) in [7, 11) is 0. The molecule has 4 heteroatoms. The maximum absolute atomic E-state index is 12.0. The summed E-state index contributed by atoms with van der Waals surface area (Å²) in [6.45, 7) is 1.55. The SMILES string of the molecule is CC(OC(=O)/C=C/c1ccco1)C(=O)c1ccccc1. The molecule has 0 fully saturated rings. The minimum Gasteiger partial charge on any atom is -0.465 e. The standard InChI is InChI=1S/C16H14O4/c1-12(16(18)13-6-3-2-4-7-13)20-15(17)10-9-14-8-5-11-19-14/h2-12H,1H3/b10-9+. The fourth-order valence-electron chi connectivity index (χ4n) is 1.64. The Hall–Kier alpha value is -2.62. The van der Waals surface area contributed by atoms with Gasteiger partial charge in [0.2, 0.25) is 5.78 Å². The predicted molar refractivity (Wildman–Crippen MR) is 74.1 cm³/mol. The number of ketones is 1. The van der Waals surface area contributed by atoms with Gasteiger partial charge in [-0.2, -0.15) is 0 Å². The third-order valence-corrected chi connectivity index (χ3v) is 2.65. The monoisotopic (exact) mass is 270 g/mol. The third kappa shape index (κ3) is 3.68. The summed E-state index contributed by atoms with van der Waals surface area (Å²) < 4.78 is 10.1. The van der Waals surface area contributed by atoms with Crippen LogP contribution >= 0.6 is 0 Å². The van der Waals surface area contributed by atoms with Crippen LogP contribution in [0.1, 0.15) is 23.0 Å². The molecule has 0 saturated heterocycles. The van der Waals surface area contributed by atoms with Crippen molar-refractivity contribution in [1.29, 1.82) is 0 Å². The van der Waals surface area contributed by atoms with Crippen molar-refractivity contribution in [1.82, 2.24) is 0 Å². The highest BCUT2D eigenvalue weighted by Crippen LogP contribution is 2.07. The Morgan fingerprint density at radius 3 is 2.55 bits per heavy atom. The Bertz CT molecular complexity index is 597. The average Bonchev–Trinajstić information content (AvgIpc) is 2.98. The van der Waals surface area contributed by atoms with Gasteiger partial charge in [0.05, 0.1) is 6.26 Å². The number of esters is 1. The number of hydrogen-bond donors (Lipinski definition) is 0. The van der Waals surface area contributed by atoms with Crippen LogP contribution in [0, 0.1) is 0 Å². The molecule has 4 nitrogen and oxygen atoms in total. The van der Waals surface area contributed by atoms with E-state index in [2.05, 4.69) is 0 Å². The number of carbonyl (C=O) groups excluding carboxylic acids is 2. The van der Waals surface area contributed by atoms with Crippen molar-refractivity contribution in [2.24, 2.45) is 0 Å². The number of carbonyl (C=O) groups is 2. The van der Waals surface area contributed by atoms with Gasteiger partial charge in [-0.15, -0.1) is 0 Å². The molecule has 1 unspecified atom stereocenters. The molecule has 0 bridgehead atoms. The van der Waals surface area contributed by atoms with E-state index in [0.29, 0.717) is 11.3 Å². The van der Waals surface area contributed by atoms with Gasteiger partial charge in [0.25, 0.3) is 0 Å². The smallest absolute Gasteiger partial charge is 0.331 e. The molecule has 0 N–H and O–H groups in total. The number of rotatable bonds is 5. The lowest BCUT2D eigenvalue weighted by atomic mass is 10.1. The summed E-state index contributed by atoms with van der Waals surface area (Å²) in [4.78, 5) is 23.6. The quantitative estimate of drug-likeness (QED) is 0.476. The summed E-state index contributed by atoms with van der Waals surface area (Å²) in [5, 5.41) is 0. The van der Waals surface area contributed by atoms with Crippen molar-refractivity contribution in [3.63, 3.8) is 0 Å². The second-order valence-electron chi connectivity index (χ2n) is 4.16. The van der Waals surface area contributed by atoms with Crippen molar-refractivity contribution >= 4 is 17.8 Å². The van der Waals surface area contributed by atoms with Gasteiger partial charge in [0, 0.05) is 11.6 Å². The van der Waals surface area contributed by atoms with E-state index in [4.69, 9.17) is 9.15 Å². The van der Waals surface area contributed by atoms with E-state index in [-0.39, 0.29) is 5.78 Å². The minimum atomic E-state index is -0.828. The Morgan fingerprint density at radius 2 is 1.90 bits per heavy atom. The molecule has 0 saturated carbocycles. The van der Waals surface area contributed by atoms with E-state index >= 15 is 0 Å². The minimum absolute atomic E-state index is 0.231. The van der Waals surface area contributed by atoms with Crippen LogP contribution in [0.4, 0.5) is 0 Å². The van der Waals surface area contributed by atoms with E-state index in [1.165, 1.54) is 18.4 Å². The van der Waals surface area contributed by atoms with Crippen molar-refractivity contribution in [3.8, 4) is 0 Å². The topological polar surface area (TPSA) is 56.5 Å². The predicted octanol–water partition coefficient (Wildman–Crippen LogP) is 3.11. The molecular formula is C16H14O4. The molecule has 1 atom stereocenters. The number of Topliss-reactive ketones (excluding diaryl/α,β-unsaturated/α-hetero) is 1. The van der Waals surface area contributed by atoms with Crippen LogP contribution < -0.4 is 0 Å². The molecule has 2 rings (SSSR count). The average molecular weight is 270 g/mol. The van der Waals surface area contributed by atoms with Gasteiger partial charge in [0.1, 0.15) is 5.76 Å². The first kappa shape index (κ1) is 13.8. The van der Waals surface area contributed by atoms with Crippen LogP contribution in [-0.4, -0.2) is 17.9 Å². The highest BCUT2D eigenvalue weighted by molar-refractivity contribution is 6.00. The zero-order chi connectivity index (χ0) is 14.4. The van der Waals surface area contributed by atoms with E-state index in [1.807, 2.05) is 6.07 Å². The highest BCUT2D eigenvalue weighted by atomic mass is 16.5. The van der Waals surface area contributed by atoms with E-state index in [1.54, 1.807) is 43.3 Å². The van der Waals surface area contributed by atoms with Crippen LogP contribution in [0.25, 0.3) is 6.08 Å². The highest BCUT2D eigenvalue weighted by Gasteiger charge is 2.17. The molecule has 0 amide bonds. The second-order valence-corrected chi connectivity index (χ2v) is 4.16. The summed E-state index contributed by atoms with van der Waals surface area (Å²) in [6, 6.07) is 12.1. The van der Waals surface area contributed by atoms with Gasteiger partial charge in [-0.3, -0.25) is 4.79 Å². The van der Waals surface area contributed by atoms with Gasteiger partial charge in [-0.1, -0.05) is 30.3 Å². The van der Waals surface area contributed by atoms with Gasteiger partial charge >= 0.3 is 5.97 Å². The Labute approximate surface area is 116 Å². The molecule has 2 aromatic rings. The van der Waals surface area contributed by atoms with Gasteiger partial charge in [-0.25, -0.2) is 4.79 Å². The molecule has 0 aliphatic rings. The first-order valence-corrected chi connectivity index (χ1v) is 6.18. The zero-order valence-electron chi connectivity index (χ0n) is 11.0. The number of ether oxygens (including phenoxy) is 1. The maximum Gasteiger partial charge on any atom is 0.331 e. The number of furan rings is 1. The maximum atomic E-state index is 12.0. The summed E-state index contributed by atoms with van der Waals surface area (Å²) >= 11 is 0. The lowest BCUT2D eigenvalue weighted by Gasteiger charge is -2.10. The largest absolute Gasteiger partial charge is 0.465 e. The lowest BCUT2D eigenvalue weighted by Crippen LogP contribution is -2.23. The van der Waals surface area contributed by atoms with Crippen LogP contribution in [0.3, 0.4) is 0 Å². The van der Waals surface area contributed by atoms with Crippen molar-refractivity contribution < 1.29 is 18.7 Å². The van der Waals surface area contributed by atoms with Crippen molar-refractivity contribution in [3.05, 3.63) is 66.1 Å². The third-order valence-electron chi connectivity index (χ3n) is 2.65. The molecule has 0 radical (unpaired) electrons. The normalized spacial score (nSPS) is 12.2. The Morgan fingerprint density at radius 1 is 1.15 bits per heavy atom. The van der Waals surface area contributed by atoms with Crippen LogP contribution in [0.5, 0.6) is 0 Å². The number of benzene rings is 1. The second kappa shape index (κ2) is 6.52. The van der Waals surface area contributed by atoms with E-state index in [9.17, 15) is 9.59 Å². The molecular weight excluding hydrogens is 256 g/mol. The van der Waals surface area contributed by atoms with Crippen molar-refractivity contribution in [2.75, 3.05) is 0 Å². The molecule has 1 heterocycles. The fraction of sp³-hybridized carbons (Fsp3) is 0.125. The van der Waals surface area contributed by atoms with Gasteiger partial charge in [-0.05, 0) is 25.1 Å². The van der Waals surface area contributed by atoms with Gasteiger partial charge in [0.15, 0.2) is 6.10 Å². The van der Waals surface area contributed by atoms with Crippen molar-refractivity contribution in [2.45, 2.75) is 13.0 Å². The van der Waals surface area contributed by atoms with E-state index in [0.717, 1.165) is 0 Å². The first-order chi connectivity index (χ1) is 9.66. The Balaban J connectivity index is 1.92. The summed E-state index contributed by atoms with van der Waals surface area (Å²) in [6.07, 6.45) is 3.40. The number of hydrogen-bond acceptors (Lipinski definition) is 4. The van der Waals surface area contributed by atoms with Crippen LogP contribution in [0.2, 0.25) is 0 Å². The lowest BCUT2D eigenvalue weighted by molar-refractivity contribution is -0.140. The molecule has 102 valence electrons. The summed E-state index contributed by atoms with van der Waals surface area (Å²) in [5.41, 5.74) is 0.516. The Kier molecular flexibility index (Phi) is 4.50. The molecule has 0 aliphatic carbocycles. The molecule has 1 aromatic heterocycles. The molecule has 20 heavy (non-hydrogen) atoms. The van der Waals surface area contributed by atoms with Crippen LogP contribution in [0.15, 0.2) is 59.2 Å². The molecule has 0 spiro atoms. The molecule has 1 aromatic carbocycles. The molecule has 0 aliphatic heterocycles.